The number of ether oxygens (including phenoxy) is 1. The molecule has 0 radical (unpaired) electrons. The molecule has 0 unspecified atom stereocenters. The summed E-state index contributed by atoms with van der Waals surface area (Å²) >= 11 is 0. The Bertz CT molecular complexity index is 1250. The molecule has 1 atom stereocenters. The summed E-state index contributed by atoms with van der Waals surface area (Å²) in [6.07, 6.45) is 1.54. The molecule has 5 rings (SSSR count). The highest BCUT2D eigenvalue weighted by Crippen LogP contribution is 2.39. The molecule has 2 fully saturated rings. The zero-order chi connectivity index (χ0) is 24.4. The molecule has 2 aromatic carbocycles. The first kappa shape index (κ1) is 23.0. The zero-order valence-electron chi connectivity index (χ0n) is 19.6. The Kier molecular flexibility index (Phi) is 6.48. The van der Waals surface area contributed by atoms with E-state index in [-0.39, 0.29) is 11.3 Å². The van der Waals surface area contributed by atoms with Gasteiger partial charge in [-0.1, -0.05) is 48.5 Å². The lowest BCUT2D eigenvalue weighted by Gasteiger charge is -2.31. The molecule has 35 heavy (non-hydrogen) atoms. The highest BCUT2D eigenvalue weighted by atomic mass is 16.5. The van der Waals surface area contributed by atoms with Crippen molar-refractivity contribution in [2.45, 2.75) is 13.0 Å². The van der Waals surface area contributed by atoms with Crippen molar-refractivity contribution in [3.8, 4) is 5.69 Å². The van der Waals surface area contributed by atoms with E-state index in [1.807, 2.05) is 67.6 Å². The Morgan fingerprint density at radius 1 is 1.00 bits per heavy atom. The van der Waals surface area contributed by atoms with Crippen LogP contribution in [0.1, 0.15) is 22.9 Å². The summed E-state index contributed by atoms with van der Waals surface area (Å²) < 4.78 is 7.13. The van der Waals surface area contributed by atoms with Crippen LogP contribution in [0.25, 0.3) is 11.4 Å². The van der Waals surface area contributed by atoms with Gasteiger partial charge in [0, 0.05) is 26.2 Å². The monoisotopic (exact) mass is 472 g/mol. The van der Waals surface area contributed by atoms with Crippen molar-refractivity contribution in [3.63, 3.8) is 0 Å². The maximum atomic E-state index is 13.3. The standard InChI is InChI=1S/C27H28N4O4/c1-19-22(18-28-31(19)21-10-6-3-7-11-21)25(32)23-24(20-8-4-2-5-9-20)30(27(34)26(23)33)13-12-29-14-16-35-17-15-29/h2-11,18,24,32H,12-17H2,1H3/t24-/m0/s1. The maximum absolute atomic E-state index is 13.3. The number of likely N-dealkylation sites (tertiary alicyclic amines) is 1. The molecule has 0 aliphatic carbocycles. The van der Waals surface area contributed by atoms with Gasteiger partial charge in [-0.25, -0.2) is 4.68 Å². The van der Waals surface area contributed by atoms with Crippen LogP contribution in [0.5, 0.6) is 0 Å². The van der Waals surface area contributed by atoms with E-state index in [0.29, 0.717) is 37.6 Å². The summed E-state index contributed by atoms with van der Waals surface area (Å²) in [5, 5.41) is 15.8. The predicted octanol–water partition coefficient (Wildman–Crippen LogP) is 2.93. The van der Waals surface area contributed by atoms with E-state index in [1.54, 1.807) is 15.8 Å². The second-order valence-corrected chi connectivity index (χ2v) is 8.75. The number of carbonyl (C=O) groups excluding carboxylic acids is 2. The number of carbonyl (C=O) groups is 2. The number of para-hydroxylation sites is 1. The number of Topliss-reactive ketones (excluding diaryl/α,β-unsaturated/α-hetero) is 1. The van der Waals surface area contributed by atoms with E-state index in [2.05, 4.69) is 10.00 Å². The van der Waals surface area contributed by atoms with Crippen LogP contribution < -0.4 is 0 Å². The normalized spacial score (nSPS) is 20.5. The van der Waals surface area contributed by atoms with Crippen molar-refractivity contribution in [3.05, 3.63) is 89.3 Å². The lowest BCUT2D eigenvalue weighted by Crippen LogP contribution is -2.42. The fourth-order valence-corrected chi connectivity index (χ4v) is 4.78. The summed E-state index contributed by atoms with van der Waals surface area (Å²) in [5.41, 5.74) is 2.83. The number of hydrogen-bond donors (Lipinski definition) is 1. The number of amides is 1. The van der Waals surface area contributed by atoms with Crippen molar-refractivity contribution in [2.24, 2.45) is 0 Å². The van der Waals surface area contributed by atoms with E-state index >= 15 is 0 Å². The second-order valence-electron chi connectivity index (χ2n) is 8.75. The Balaban J connectivity index is 1.54. The van der Waals surface area contributed by atoms with Crippen molar-refractivity contribution >= 4 is 17.4 Å². The Morgan fingerprint density at radius 2 is 1.66 bits per heavy atom. The summed E-state index contributed by atoms with van der Waals surface area (Å²) in [5.74, 6) is -1.47. The molecule has 180 valence electrons. The molecule has 0 bridgehead atoms. The van der Waals surface area contributed by atoms with Crippen LogP contribution >= 0.6 is 0 Å². The molecule has 2 saturated heterocycles. The molecule has 1 aromatic heterocycles. The third-order valence-corrected chi connectivity index (χ3v) is 6.68. The van der Waals surface area contributed by atoms with Gasteiger partial charge in [0.15, 0.2) is 0 Å². The van der Waals surface area contributed by atoms with Crippen molar-refractivity contribution in [1.82, 2.24) is 19.6 Å². The molecule has 0 saturated carbocycles. The number of benzene rings is 2. The minimum absolute atomic E-state index is 0.0962. The van der Waals surface area contributed by atoms with Crippen molar-refractivity contribution in [1.29, 1.82) is 0 Å². The van der Waals surface area contributed by atoms with Crippen LogP contribution in [0, 0.1) is 6.92 Å². The SMILES string of the molecule is Cc1c(C(O)=C2C(=O)C(=O)N(CCN3CCOCC3)[C@H]2c2ccccc2)cnn1-c1ccccc1. The van der Waals surface area contributed by atoms with Gasteiger partial charge in [-0.15, -0.1) is 0 Å². The third-order valence-electron chi connectivity index (χ3n) is 6.68. The number of nitrogens with zero attached hydrogens (tertiary/aromatic N) is 4. The van der Waals surface area contributed by atoms with Gasteiger partial charge in [0.05, 0.1) is 48.0 Å². The quantitative estimate of drug-likeness (QED) is 0.337. The third kappa shape index (κ3) is 4.38. The van der Waals surface area contributed by atoms with E-state index in [4.69, 9.17) is 4.74 Å². The summed E-state index contributed by atoms with van der Waals surface area (Å²) in [4.78, 5) is 30.3. The highest BCUT2D eigenvalue weighted by Gasteiger charge is 2.46. The summed E-state index contributed by atoms with van der Waals surface area (Å²) in [6.45, 7) is 5.74. The fourth-order valence-electron chi connectivity index (χ4n) is 4.78. The van der Waals surface area contributed by atoms with Crippen molar-refractivity contribution < 1.29 is 19.4 Å². The van der Waals surface area contributed by atoms with Gasteiger partial charge < -0.3 is 14.7 Å². The van der Waals surface area contributed by atoms with Gasteiger partial charge in [-0.2, -0.15) is 5.10 Å². The fraction of sp³-hybridized carbons (Fsp3) is 0.296. The lowest BCUT2D eigenvalue weighted by atomic mass is 9.95. The molecule has 3 heterocycles. The first-order valence-electron chi connectivity index (χ1n) is 11.8. The molecule has 1 amide bonds. The summed E-state index contributed by atoms with van der Waals surface area (Å²) in [6, 6.07) is 18.3. The maximum Gasteiger partial charge on any atom is 0.295 e. The molecule has 1 N–H and O–H groups in total. The molecule has 8 nitrogen and oxygen atoms in total. The number of rotatable bonds is 6. The average Bonchev–Trinajstić information content (AvgIpc) is 3.41. The van der Waals surface area contributed by atoms with E-state index in [9.17, 15) is 14.7 Å². The van der Waals surface area contributed by atoms with Crippen LogP contribution in [0.15, 0.2) is 72.4 Å². The van der Waals surface area contributed by atoms with Gasteiger partial charge in [0.25, 0.3) is 11.7 Å². The number of morpholine rings is 1. The predicted molar refractivity (Wildman–Crippen MR) is 131 cm³/mol. The lowest BCUT2D eigenvalue weighted by molar-refractivity contribution is -0.140. The topological polar surface area (TPSA) is 87.9 Å². The molecule has 3 aromatic rings. The zero-order valence-corrected chi connectivity index (χ0v) is 19.6. The molecule has 0 spiro atoms. The number of ketones is 1. The highest BCUT2D eigenvalue weighted by molar-refractivity contribution is 6.46. The van der Waals surface area contributed by atoms with Crippen LogP contribution in [-0.2, 0) is 14.3 Å². The van der Waals surface area contributed by atoms with Crippen LogP contribution in [0.2, 0.25) is 0 Å². The van der Waals surface area contributed by atoms with Crippen LogP contribution in [-0.4, -0.2) is 75.8 Å². The Morgan fingerprint density at radius 3 is 2.34 bits per heavy atom. The number of aliphatic hydroxyl groups is 1. The molecule has 8 heteroatoms. The van der Waals surface area contributed by atoms with Crippen LogP contribution in [0.3, 0.4) is 0 Å². The number of aliphatic hydroxyl groups excluding tert-OH is 1. The van der Waals surface area contributed by atoms with Gasteiger partial charge in [-0.3, -0.25) is 14.5 Å². The van der Waals surface area contributed by atoms with Crippen LogP contribution in [0.4, 0.5) is 0 Å². The summed E-state index contributed by atoms with van der Waals surface area (Å²) in [7, 11) is 0. The van der Waals surface area contributed by atoms with Gasteiger partial charge >= 0.3 is 0 Å². The first-order chi connectivity index (χ1) is 17.1. The smallest absolute Gasteiger partial charge is 0.295 e. The number of aromatic nitrogens is 2. The van der Waals surface area contributed by atoms with E-state index in [1.165, 1.54) is 0 Å². The van der Waals surface area contributed by atoms with E-state index in [0.717, 1.165) is 24.3 Å². The minimum Gasteiger partial charge on any atom is -0.507 e. The molecular weight excluding hydrogens is 444 g/mol. The van der Waals surface area contributed by atoms with Gasteiger partial charge in [0.1, 0.15) is 5.76 Å². The Labute approximate surface area is 204 Å². The largest absolute Gasteiger partial charge is 0.507 e. The second kappa shape index (κ2) is 9.85. The molecule has 2 aliphatic heterocycles. The first-order valence-corrected chi connectivity index (χ1v) is 11.8. The molecular formula is C27H28N4O4. The van der Waals surface area contributed by atoms with Gasteiger partial charge in [0.2, 0.25) is 0 Å². The molecule has 2 aliphatic rings. The average molecular weight is 473 g/mol. The number of hydrogen-bond acceptors (Lipinski definition) is 6. The van der Waals surface area contributed by atoms with Gasteiger partial charge in [-0.05, 0) is 24.6 Å². The van der Waals surface area contributed by atoms with Crippen molar-refractivity contribution in [2.75, 3.05) is 39.4 Å². The minimum atomic E-state index is -0.676. The van der Waals surface area contributed by atoms with E-state index < -0.39 is 17.7 Å². The Hall–Kier alpha value is -3.75.